The number of nitrogens with zero attached hydrogens (tertiary/aromatic N) is 1. The van der Waals surface area contributed by atoms with E-state index in [-0.39, 0.29) is 5.91 Å². The van der Waals surface area contributed by atoms with E-state index in [1.54, 1.807) is 12.0 Å². The highest BCUT2D eigenvalue weighted by Crippen LogP contribution is 2.29. The van der Waals surface area contributed by atoms with Crippen LogP contribution in [0.3, 0.4) is 0 Å². The number of likely N-dealkylation sites (N-methyl/N-ethyl adjacent to an activating group) is 1. The third-order valence-corrected chi connectivity index (χ3v) is 2.96. The van der Waals surface area contributed by atoms with Gasteiger partial charge in [0.2, 0.25) is 0 Å². The first-order valence-corrected chi connectivity index (χ1v) is 5.07. The summed E-state index contributed by atoms with van der Waals surface area (Å²) in [7, 11) is 3.48. The second-order valence-corrected chi connectivity index (χ2v) is 3.91. The van der Waals surface area contributed by atoms with Crippen molar-refractivity contribution in [2.24, 2.45) is 0 Å². The van der Waals surface area contributed by atoms with Crippen LogP contribution in [0.2, 0.25) is 0 Å². The molecule has 0 N–H and O–H groups in total. The van der Waals surface area contributed by atoms with Gasteiger partial charge in [-0.05, 0) is 25.0 Å². The van der Waals surface area contributed by atoms with Gasteiger partial charge >= 0.3 is 0 Å². The molecule has 15 heavy (non-hydrogen) atoms. The first-order chi connectivity index (χ1) is 7.15. The summed E-state index contributed by atoms with van der Waals surface area (Å²) in [6.07, 6.45) is 0.877. The van der Waals surface area contributed by atoms with Gasteiger partial charge in [0, 0.05) is 24.7 Å². The zero-order valence-electron chi connectivity index (χ0n) is 9.33. The quantitative estimate of drug-likeness (QED) is 0.697. The molecule has 1 amide bonds. The fraction of sp³-hybridized carbons (Fsp3) is 0.417. The second kappa shape index (κ2) is 3.57. The molecule has 0 aliphatic carbocycles. The first kappa shape index (κ1) is 10.0. The average Bonchev–Trinajstić information content (AvgIpc) is 2.24. The van der Waals surface area contributed by atoms with Gasteiger partial charge in [-0.1, -0.05) is 6.07 Å². The van der Waals surface area contributed by atoms with Crippen molar-refractivity contribution in [1.29, 1.82) is 0 Å². The lowest BCUT2D eigenvalue weighted by molar-refractivity contribution is 0.0779. The summed E-state index contributed by atoms with van der Waals surface area (Å²) in [5.41, 5.74) is 2.91. The highest BCUT2D eigenvalue weighted by Gasteiger charge is 2.25. The Balaban J connectivity index is 2.61. The molecule has 2 rings (SSSR count). The van der Waals surface area contributed by atoms with Crippen LogP contribution in [0.1, 0.15) is 21.5 Å². The van der Waals surface area contributed by atoms with Gasteiger partial charge in [-0.3, -0.25) is 4.79 Å². The maximum Gasteiger partial charge on any atom is 0.254 e. The van der Waals surface area contributed by atoms with E-state index in [0.29, 0.717) is 0 Å². The van der Waals surface area contributed by atoms with Gasteiger partial charge in [0.05, 0.1) is 7.11 Å². The van der Waals surface area contributed by atoms with Crippen molar-refractivity contribution in [3.63, 3.8) is 0 Å². The van der Waals surface area contributed by atoms with Gasteiger partial charge < -0.3 is 9.64 Å². The summed E-state index contributed by atoms with van der Waals surface area (Å²) >= 11 is 0. The van der Waals surface area contributed by atoms with Gasteiger partial charge in [0.15, 0.2) is 0 Å². The highest BCUT2D eigenvalue weighted by atomic mass is 16.5. The van der Waals surface area contributed by atoms with Gasteiger partial charge in [0.1, 0.15) is 5.75 Å². The molecular weight excluding hydrogens is 190 g/mol. The van der Waals surface area contributed by atoms with Crippen LogP contribution in [0.25, 0.3) is 0 Å². The predicted molar refractivity (Wildman–Crippen MR) is 58.4 cm³/mol. The summed E-state index contributed by atoms with van der Waals surface area (Å²) in [5.74, 6) is 0.935. The van der Waals surface area contributed by atoms with Crippen LogP contribution in [0.4, 0.5) is 0 Å². The van der Waals surface area contributed by atoms with Crippen LogP contribution < -0.4 is 4.74 Å². The number of ether oxygens (including phenoxy) is 1. The molecule has 80 valence electrons. The number of hydrogen-bond acceptors (Lipinski definition) is 2. The summed E-state index contributed by atoms with van der Waals surface area (Å²) in [5, 5.41) is 0. The minimum atomic E-state index is 0.104. The molecule has 0 spiro atoms. The van der Waals surface area contributed by atoms with E-state index in [0.717, 1.165) is 35.4 Å². The molecular formula is C12H15NO2. The monoisotopic (exact) mass is 205 g/mol. The minimum Gasteiger partial charge on any atom is -0.496 e. The highest BCUT2D eigenvalue weighted by molar-refractivity contribution is 5.98. The molecule has 1 aromatic carbocycles. The van der Waals surface area contributed by atoms with Gasteiger partial charge in [-0.25, -0.2) is 0 Å². The van der Waals surface area contributed by atoms with Gasteiger partial charge in [0.25, 0.3) is 5.91 Å². The average molecular weight is 205 g/mol. The van der Waals surface area contributed by atoms with Crippen molar-refractivity contribution in [1.82, 2.24) is 4.90 Å². The molecule has 0 fully saturated rings. The number of methoxy groups -OCH3 is 1. The molecule has 0 radical (unpaired) electrons. The molecule has 0 aromatic heterocycles. The fourth-order valence-corrected chi connectivity index (χ4v) is 2.05. The summed E-state index contributed by atoms with van der Waals surface area (Å²) in [6, 6.07) is 3.88. The van der Waals surface area contributed by atoms with Crippen LogP contribution in [0, 0.1) is 6.92 Å². The van der Waals surface area contributed by atoms with Crippen molar-refractivity contribution in [2.45, 2.75) is 13.3 Å². The lowest BCUT2D eigenvalue weighted by atomic mass is 9.94. The number of carbonyl (C=O) groups is 1. The Bertz CT molecular complexity index is 412. The maximum atomic E-state index is 12.0. The Morgan fingerprint density at radius 1 is 1.40 bits per heavy atom. The Kier molecular flexibility index (Phi) is 2.39. The molecule has 1 aromatic rings. The van der Waals surface area contributed by atoms with Crippen molar-refractivity contribution in [2.75, 3.05) is 20.7 Å². The number of rotatable bonds is 1. The van der Waals surface area contributed by atoms with E-state index in [9.17, 15) is 4.79 Å². The molecule has 1 aliphatic heterocycles. The number of carbonyl (C=O) groups excluding carboxylic acids is 1. The lowest BCUT2D eigenvalue weighted by Gasteiger charge is -2.27. The molecule has 3 nitrogen and oxygen atoms in total. The van der Waals surface area contributed by atoms with E-state index >= 15 is 0 Å². The Labute approximate surface area is 89.7 Å². The third kappa shape index (κ3) is 1.48. The number of fused-ring (bicyclic) bond motifs is 1. The van der Waals surface area contributed by atoms with Crippen molar-refractivity contribution < 1.29 is 9.53 Å². The summed E-state index contributed by atoms with van der Waals surface area (Å²) < 4.78 is 5.28. The standard InChI is InChI=1S/C12H15NO2/c1-8-4-5-10(15-3)9-6-7-13(2)12(14)11(8)9/h4-5H,6-7H2,1-3H3. The van der Waals surface area contributed by atoms with E-state index in [1.165, 1.54) is 0 Å². The van der Waals surface area contributed by atoms with Crippen LogP contribution >= 0.6 is 0 Å². The van der Waals surface area contributed by atoms with Crippen LogP contribution in [-0.2, 0) is 6.42 Å². The fourth-order valence-electron chi connectivity index (χ4n) is 2.05. The molecule has 0 saturated heterocycles. The van der Waals surface area contributed by atoms with E-state index < -0.39 is 0 Å². The molecule has 0 unspecified atom stereocenters. The third-order valence-electron chi connectivity index (χ3n) is 2.96. The normalized spacial score (nSPS) is 15.1. The summed E-state index contributed by atoms with van der Waals surface area (Å²) in [4.78, 5) is 13.7. The number of amides is 1. The number of hydrogen-bond donors (Lipinski definition) is 0. The topological polar surface area (TPSA) is 29.5 Å². The van der Waals surface area contributed by atoms with Crippen LogP contribution in [0.15, 0.2) is 12.1 Å². The molecule has 1 heterocycles. The van der Waals surface area contributed by atoms with E-state index in [2.05, 4.69) is 0 Å². The maximum absolute atomic E-state index is 12.0. The number of aryl methyl sites for hydroxylation is 1. The Morgan fingerprint density at radius 2 is 2.13 bits per heavy atom. The van der Waals surface area contributed by atoms with Gasteiger partial charge in [-0.15, -0.1) is 0 Å². The zero-order chi connectivity index (χ0) is 11.0. The van der Waals surface area contributed by atoms with Crippen molar-refractivity contribution >= 4 is 5.91 Å². The van der Waals surface area contributed by atoms with Crippen LogP contribution in [-0.4, -0.2) is 31.5 Å². The molecule has 3 heteroatoms. The largest absolute Gasteiger partial charge is 0.496 e. The van der Waals surface area contributed by atoms with Crippen molar-refractivity contribution in [3.8, 4) is 5.75 Å². The lowest BCUT2D eigenvalue weighted by Crippen LogP contribution is -2.35. The summed E-state index contributed by atoms with van der Waals surface area (Å²) in [6.45, 7) is 2.74. The zero-order valence-corrected chi connectivity index (χ0v) is 9.33. The second-order valence-electron chi connectivity index (χ2n) is 3.91. The van der Waals surface area contributed by atoms with E-state index in [1.807, 2.05) is 26.1 Å². The first-order valence-electron chi connectivity index (χ1n) is 5.07. The molecule has 0 bridgehead atoms. The Hall–Kier alpha value is -1.51. The minimum absolute atomic E-state index is 0.104. The molecule has 0 atom stereocenters. The number of benzene rings is 1. The van der Waals surface area contributed by atoms with Crippen LogP contribution in [0.5, 0.6) is 5.75 Å². The molecule has 1 aliphatic rings. The van der Waals surface area contributed by atoms with Crippen molar-refractivity contribution in [3.05, 3.63) is 28.8 Å². The smallest absolute Gasteiger partial charge is 0.254 e. The predicted octanol–water partition coefficient (Wildman–Crippen LogP) is 1.63. The van der Waals surface area contributed by atoms with Gasteiger partial charge in [-0.2, -0.15) is 0 Å². The molecule has 0 saturated carbocycles. The SMILES string of the molecule is COc1ccc(C)c2c1CCN(C)C2=O. The Morgan fingerprint density at radius 3 is 2.80 bits per heavy atom. The van der Waals surface area contributed by atoms with E-state index in [4.69, 9.17) is 4.74 Å².